The molecule has 0 radical (unpaired) electrons. The van der Waals surface area contributed by atoms with Gasteiger partial charge in [-0.3, -0.25) is 0 Å². The summed E-state index contributed by atoms with van der Waals surface area (Å²) in [5, 5.41) is 28.0. The summed E-state index contributed by atoms with van der Waals surface area (Å²) in [6, 6.07) is 0. The molecule has 29 heavy (non-hydrogen) atoms. The van der Waals surface area contributed by atoms with Gasteiger partial charge < -0.3 is 10.3 Å². The Bertz CT molecular complexity index is 949. The summed E-state index contributed by atoms with van der Waals surface area (Å²) < 4.78 is 22.8. The largest absolute Gasteiger partial charge is 0.411 e. The molecule has 160 valence electrons. The van der Waals surface area contributed by atoms with Crippen molar-refractivity contribution < 1.29 is 18.7 Å². The summed E-state index contributed by atoms with van der Waals surface area (Å²) in [5.41, 5.74) is 0.973. The summed E-state index contributed by atoms with van der Waals surface area (Å²) >= 11 is 0. The second kappa shape index (κ2) is 6.41. The first-order chi connectivity index (χ1) is 13.4. The molecule has 2 fully saturated rings. The summed E-state index contributed by atoms with van der Waals surface area (Å²) in [5.74, 6) is 1.22. The van der Waals surface area contributed by atoms with Crippen molar-refractivity contribution in [3.05, 3.63) is 23.8 Å². The van der Waals surface area contributed by atoms with Crippen LogP contribution >= 0.6 is 0 Å². The van der Waals surface area contributed by atoms with Crippen molar-refractivity contribution in [2.75, 3.05) is 6.26 Å². The number of hydrazone groups is 1. The lowest BCUT2D eigenvalue weighted by Crippen LogP contribution is -2.55. The summed E-state index contributed by atoms with van der Waals surface area (Å²) in [6.45, 7) is 6.38. The topological polar surface area (TPSA) is 111 Å². The number of sulfonamides is 1. The van der Waals surface area contributed by atoms with Gasteiger partial charge in [-0.1, -0.05) is 36.7 Å². The molecule has 0 amide bonds. The van der Waals surface area contributed by atoms with Gasteiger partial charge in [0.1, 0.15) is 11.4 Å². The molecular formula is C21H31N3O4S. The van der Waals surface area contributed by atoms with Gasteiger partial charge in [0, 0.05) is 11.8 Å². The van der Waals surface area contributed by atoms with E-state index in [2.05, 4.69) is 35.0 Å². The van der Waals surface area contributed by atoms with Crippen molar-refractivity contribution in [2.45, 2.75) is 58.5 Å². The summed E-state index contributed by atoms with van der Waals surface area (Å²) in [6.07, 6.45) is 11.6. The molecule has 0 bridgehead atoms. The predicted molar refractivity (Wildman–Crippen MR) is 112 cm³/mol. The highest BCUT2D eigenvalue weighted by molar-refractivity contribution is 7.88. The second-order valence-electron chi connectivity index (χ2n) is 9.97. The van der Waals surface area contributed by atoms with Gasteiger partial charge in [0.05, 0.1) is 11.9 Å². The Morgan fingerprint density at radius 1 is 1.24 bits per heavy atom. The van der Waals surface area contributed by atoms with E-state index in [1.165, 1.54) is 5.57 Å². The SMILES string of the molecule is C[C@]12CC(=NO)C(=NNS(C)(=O)=O)C=C1CC[C@@H]1[C@@H]2CC[C@@]2(C)[C@H]1C=C[C@]2(C)O. The molecule has 0 spiro atoms. The lowest BCUT2D eigenvalue weighted by molar-refractivity contribution is -0.103. The quantitative estimate of drug-likeness (QED) is 0.362. The molecule has 0 aromatic rings. The Labute approximate surface area is 172 Å². The third-order valence-electron chi connectivity index (χ3n) is 8.37. The monoisotopic (exact) mass is 421 g/mol. The molecule has 4 aliphatic carbocycles. The van der Waals surface area contributed by atoms with Crippen molar-refractivity contribution in [1.82, 2.24) is 4.83 Å². The number of allylic oxidation sites excluding steroid dienone is 3. The van der Waals surface area contributed by atoms with E-state index in [-0.39, 0.29) is 10.8 Å². The third-order valence-corrected chi connectivity index (χ3v) is 8.79. The molecule has 8 heteroatoms. The lowest BCUT2D eigenvalue weighted by Gasteiger charge is -2.58. The minimum atomic E-state index is -3.48. The second-order valence-corrected chi connectivity index (χ2v) is 11.7. The van der Waals surface area contributed by atoms with Crippen LogP contribution in [0.5, 0.6) is 0 Å². The first kappa shape index (κ1) is 20.6. The van der Waals surface area contributed by atoms with Crippen LogP contribution in [0.3, 0.4) is 0 Å². The zero-order chi connectivity index (χ0) is 21.2. The van der Waals surface area contributed by atoms with Crippen LogP contribution in [0.2, 0.25) is 0 Å². The average molecular weight is 422 g/mol. The Hall–Kier alpha value is -1.67. The van der Waals surface area contributed by atoms with E-state index in [1.54, 1.807) is 0 Å². The highest BCUT2D eigenvalue weighted by atomic mass is 32.2. The van der Waals surface area contributed by atoms with E-state index in [9.17, 15) is 18.7 Å². The maximum absolute atomic E-state index is 11.4. The molecule has 6 atom stereocenters. The average Bonchev–Trinajstić information content (AvgIpc) is 2.88. The Morgan fingerprint density at radius 2 is 1.97 bits per heavy atom. The molecule has 0 aromatic carbocycles. The molecule has 0 heterocycles. The van der Waals surface area contributed by atoms with Crippen LogP contribution in [0, 0.1) is 28.6 Å². The summed E-state index contributed by atoms with van der Waals surface area (Å²) in [7, 11) is -3.48. The number of aliphatic hydroxyl groups is 1. The smallest absolute Gasteiger partial charge is 0.244 e. The van der Waals surface area contributed by atoms with Gasteiger partial charge in [-0.25, -0.2) is 13.2 Å². The van der Waals surface area contributed by atoms with E-state index in [1.807, 2.05) is 19.1 Å². The van der Waals surface area contributed by atoms with Gasteiger partial charge in [-0.05, 0) is 61.9 Å². The van der Waals surface area contributed by atoms with Crippen molar-refractivity contribution in [2.24, 2.45) is 38.8 Å². The molecule has 0 aliphatic heterocycles. The summed E-state index contributed by atoms with van der Waals surface area (Å²) in [4.78, 5) is 2.15. The van der Waals surface area contributed by atoms with Gasteiger partial charge >= 0.3 is 0 Å². The molecule has 4 rings (SSSR count). The van der Waals surface area contributed by atoms with Crippen LogP contribution in [0.4, 0.5) is 0 Å². The first-order valence-electron chi connectivity index (χ1n) is 10.3. The zero-order valence-electron chi connectivity index (χ0n) is 17.5. The number of nitrogens with zero attached hydrogens (tertiary/aromatic N) is 2. The van der Waals surface area contributed by atoms with Crippen molar-refractivity contribution in [1.29, 1.82) is 0 Å². The molecule has 7 nitrogen and oxygen atoms in total. The van der Waals surface area contributed by atoms with Crippen molar-refractivity contribution in [3.8, 4) is 0 Å². The van der Waals surface area contributed by atoms with E-state index in [4.69, 9.17) is 0 Å². The van der Waals surface area contributed by atoms with Gasteiger partial charge in [-0.2, -0.15) is 5.10 Å². The maximum Gasteiger partial charge on any atom is 0.244 e. The van der Waals surface area contributed by atoms with Crippen LogP contribution in [-0.4, -0.2) is 42.0 Å². The number of hydrogen-bond acceptors (Lipinski definition) is 6. The van der Waals surface area contributed by atoms with Crippen LogP contribution in [0.25, 0.3) is 0 Å². The normalized spacial score (nSPS) is 46.8. The lowest BCUT2D eigenvalue weighted by atomic mass is 9.46. The standard InChI is InChI=1S/C21H31N3O4S/c1-19-12-18(23-26)17(22-24-29(4,27)28)11-13(19)5-6-14-15(19)7-9-20(2)16(14)8-10-21(20,3)25/h8,10-11,14-16,24-26H,5-7,9,12H2,1-4H3/t14-,15+,16+,19+,20+,21+/m1/s1. The number of hydrogen-bond donors (Lipinski definition) is 3. The fraction of sp³-hybridized carbons (Fsp3) is 0.714. The molecule has 0 unspecified atom stereocenters. The fourth-order valence-electron chi connectivity index (χ4n) is 6.49. The Morgan fingerprint density at radius 3 is 2.62 bits per heavy atom. The van der Waals surface area contributed by atoms with Gasteiger partial charge in [0.2, 0.25) is 10.0 Å². The molecule has 4 aliphatic rings. The number of rotatable bonds is 2. The maximum atomic E-state index is 11.4. The Kier molecular flexibility index (Phi) is 4.55. The van der Waals surface area contributed by atoms with Crippen LogP contribution in [0.1, 0.15) is 52.9 Å². The van der Waals surface area contributed by atoms with Gasteiger partial charge in [0.25, 0.3) is 0 Å². The highest BCUT2D eigenvalue weighted by Gasteiger charge is 2.60. The third kappa shape index (κ3) is 3.06. The van der Waals surface area contributed by atoms with Gasteiger partial charge in [-0.15, -0.1) is 0 Å². The molecular weight excluding hydrogens is 390 g/mol. The highest BCUT2D eigenvalue weighted by Crippen LogP contribution is 2.65. The van der Waals surface area contributed by atoms with E-state index >= 15 is 0 Å². The Balaban J connectivity index is 1.69. The minimum Gasteiger partial charge on any atom is -0.411 e. The predicted octanol–water partition coefficient (Wildman–Crippen LogP) is 2.82. The van der Waals surface area contributed by atoms with Gasteiger partial charge in [0.15, 0.2) is 0 Å². The van der Waals surface area contributed by atoms with Crippen LogP contribution < -0.4 is 4.83 Å². The molecule has 0 saturated heterocycles. The first-order valence-corrected chi connectivity index (χ1v) is 12.2. The van der Waals surface area contributed by atoms with Crippen LogP contribution in [-0.2, 0) is 10.0 Å². The minimum absolute atomic E-state index is 0.139. The van der Waals surface area contributed by atoms with Crippen LogP contribution in [0.15, 0.2) is 34.1 Å². The van der Waals surface area contributed by atoms with Crippen molar-refractivity contribution in [3.63, 3.8) is 0 Å². The zero-order valence-corrected chi connectivity index (χ0v) is 18.3. The number of nitrogens with one attached hydrogen (secondary N) is 1. The van der Waals surface area contributed by atoms with E-state index in [0.29, 0.717) is 35.6 Å². The molecule has 0 aromatic heterocycles. The number of oxime groups is 1. The van der Waals surface area contributed by atoms with Crippen molar-refractivity contribution >= 4 is 21.4 Å². The van der Waals surface area contributed by atoms with E-state index < -0.39 is 15.6 Å². The fourth-order valence-corrected chi connectivity index (χ4v) is 6.75. The molecule has 2 saturated carbocycles. The molecule has 3 N–H and O–H groups in total. The van der Waals surface area contributed by atoms with E-state index in [0.717, 1.165) is 31.9 Å². The number of fused-ring (bicyclic) bond motifs is 5.